The highest BCUT2D eigenvalue weighted by molar-refractivity contribution is 7.89. The first-order valence-corrected chi connectivity index (χ1v) is 9.35. The van der Waals surface area contributed by atoms with Crippen molar-refractivity contribution >= 4 is 27.5 Å². The monoisotopic (exact) mass is 392 g/mol. The van der Waals surface area contributed by atoms with Crippen molar-refractivity contribution in [3.8, 4) is 5.75 Å². The van der Waals surface area contributed by atoms with Crippen molar-refractivity contribution in [2.24, 2.45) is 0 Å². The summed E-state index contributed by atoms with van der Waals surface area (Å²) < 4.78 is 30.5. The maximum absolute atomic E-state index is 12.0. The topological polar surface area (TPSA) is 126 Å². The number of rotatable bonds is 7. The number of hydrazine groups is 1. The summed E-state index contributed by atoms with van der Waals surface area (Å²) in [6.45, 7) is -0.0496. The SMILES string of the molecule is CNS(=O)(=O)c1ccc(C(=O)NNC(=O)CNc2ccc(OC)cc2)cc1. The molecule has 0 heterocycles. The maximum atomic E-state index is 12.0. The Balaban J connectivity index is 1.82. The van der Waals surface area contributed by atoms with Crippen LogP contribution in [0.25, 0.3) is 0 Å². The Morgan fingerprint density at radius 2 is 1.59 bits per heavy atom. The second kappa shape index (κ2) is 9.01. The average molecular weight is 392 g/mol. The largest absolute Gasteiger partial charge is 0.497 e. The Bertz CT molecular complexity index is 896. The summed E-state index contributed by atoms with van der Waals surface area (Å²) in [6, 6.07) is 12.3. The van der Waals surface area contributed by atoms with Gasteiger partial charge in [0.25, 0.3) is 11.8 Å². The van der Waals surface area contributed by atoms with E-state index >= 15 is 0 Å². The van der Waals surface area contributed by atoms with E-state index in [-0.39, 0.29) is 17.0 Å². The second-order valence-corrected chi connectivity index (χ2v) is 7.20. The molecule has 0 atom stereocenters. The third kappa shape index (κ3) is 5.69. The molecule has 9 nitrogen and oxygen atoms in total. The Morgan fingerprint density at radius 1 is 0.963 bits per heavy atom. The summed E-state index contributed by atoms with van der Waals surface area (Å²) in [5.74, 6) is -0.319. The van der Waals surface area contributed by atoms with Crippen molar-refractivity contribution in [1.82, 2.24) is 15.6 Å². The number of hydrogen-bond acceptors (Lipinski definition) is 6. The molecule has 0 aliphatic heterocycles. The Morgan fingerprint density at radius 3 is 2.15 bits per heavy atom. The molecule has 0 spiro atoms. The van der Waals surface area contributed by atoms with Crippen molar-refractivity contribution in [1.29, 1.82) is 0 Å². The number of hydrogen-bond donors (Lipinski definition) is 4. The molecular formula is C17H20N4O5S. The number of sulfonamides is 1. The van der Waals surface area contributed by atoms with Crippen molar-refractivity contribution < 1.29 is 22.7 Å². The molecule has 0 aromatic heterocycles. The molecule has 0 saturated carbocycles. The van der Waals surface area contributed by atoms with Gasteiger partial charge in [-0.25, -0.2) is 13.1 Å². The highest BCUT2D eigenvalue weighted by Gasteiger charge is 2.13. The van der Waals surface area contributed by atoms with E-state index in [1.165, 1.54) is 31.3 Å². The minimum Gasteiger partial charge on any atom is -0.497 e. The van der Waals surface area contributed by atoms with E-state index in [9.17, 15) is 18.0 Å². The van der Waals surface area contributed by atoms with Crippen molar-refractivity contribution in [3.05, 3.63) is 54.1 Å². The molecule has 0 fully saturated rings. The molecule has 0 aliphatic rings. The first-order chi connectivity index (χ1) is 12.9. The van der Waals surface area contributed by atoms with E-state index < -0.39 is 21.8 Å². The van der Waals surface area contributed by atoms with Crippen LogP contribution in [0.4, 0.5) is 5.69 Å². The number of nitrogens with one attached hydrogen (secondary N) is 4. The van der Waals surface area contributed by atoms with E-state index in [0.29, 0.717) is 5.75 Å². The van der Waals surface area contributed by atoms with Crippen molar-refractivity contribution in [2.45, 2.75) is 4.90 Å². The number of carbonyl (C=O) groups excluding carboxylic acids is 2. The second-order valence-electron chi connectivity index (χ2n) is 5.32. The summed E-state index contributed by atoms with van der Waals surface area (Å²) in [5.41, 5.74) is 5.46. The third-order valence-electron chi connectivity index (χ3n) is 3.55. The van der Waals surface area contributed by atoms with Crippen LogP contribution < -0.4 is 25.6 Å². The van der Waals surface area contributed by atoms with Gasteiger partial charge < -0.3 is 10.1 Å². The molecular weight excluding hydrogens is 372 g/mol. The summed E-state index contributed by atoms with van der Waals surface area (Å²) in [4.78, 5) is 23.8. The van der Waals surface area contributed by atoms with Crippen LogP contribution in [0.3, 0.4) is 0 Å². The summed E-state index contributed by atoms with van der Waals surface area (Å²) in [6.07, 6.45) is 0. The van der Waals surface area contributed by atoms with E-state index in [0.717, 1.165) is 5.69 Å². The first-order valence-electron chi connectivity index (χ1n) is 7.86. The fourth-order valence-electron chi connectivity index (χ4n) is 2.04. The molecule has 0 saturated heterocycles. The molecule has 0 bridgehead atoms. The number of amides is 2. The molecule has 0 unspecified atom stereocenters. The van der Waals surface area contributed by atoms with Gasteiger partial charge >= 0.3 is 0 Å². The normalized spacial score (nSPS) is 10.7. The van der Waals surface area contributed by atoms with E-state index in [1.54, 1.807) is 31.4 Å². The van der Waals surface area contributed by atoms with Crippen LogP contribution in [0.5, 0.6) is 5.75 Å². The number of methoxy groups -OCH3 is 1. The fraction of sp³-hybridized carbons (Fsp3) is 0.176. The lowest BCUT2D eigenvalue weighted by Gasteiger charge is -2.10. The van der Waals surface area contributed by atoms with Gasteiger partial charge in [0.1, 0.15) is 5.75 Å². The van der Waals surface area contributed by atoms with Crippen molar-refractivity contribution in [3.63, 3.8) is 0 Å². The van der Waals surface area contributed by atoms with Crippen LogP contribution >= 0.6 is 0 Å². The average Bonchev–Trinajstić information content (AvgIpc) is 2.70. The van der Waals surface area contributed by atoms with Gasteiger partial charge in [0.15, 0.2) is 0 Å². The number of carbonyl (C=O) groups is 2. The maximum Gasteiger partial charge on any atom is 0.269 e. The van der Waals surface area contributed by atoms with Crippen LogP contribution in [0, 0.1) is 0 Å². The zero-order valence-electron chi connectivity index (χ0n) is 14.8. The minimum absolute atomic E-state index is 0.0364. The zero-order chi connectivity index (χ0) is 19.9. The van der Waals surface area contributed by atoms with Crippen molar-refractivity contribution in [2.75, 3.05) is 26.0 Å². The third-order valence-corrected chi connectivity index (χ3v) is 4.98. The van der Waals surface area contributed by atoms with Crippen LogP contribution in [0.15, 0.2) is 53.4 Å². The lowest BCUT2D eigenvalue weighted by molar-refractivity contribution is -0.120. The minimum atomic E-state index is -3.57. The van der Waals surface area contributed by atoms with E-state index in [1.807, 2.05) is 0 Å². The lowest BCUT2D eigenvalue weighted by atomic mass is 10.2. The van der Waals surface area contributed by atoms with Gasteiger partial charge in [0.2, 0.25) is 10.0 Å². The molecule has 144 valence electrons. The molecule has 2 rings (SSSR count). The molecule has 2 aromatic rings. The molecule has 4 N–H and O–H groups in total. The number of benzene rings is 2. The van der Waals surface area contributed by atoms with E-state index in [2.05, 4.69) is 20.9 Å². The predicted molar refractivity (Wildman–Crippen MR) is 99.8 cm³/mol. The standard InChI is InChI=1S/C17H20N4O5S/c1-18-27(24,25)15-9-3-12(4-10-15)17(23)21-20-16(22)11-19-13-5-7-14(26-2)8-6-13/h3-10,18-19H,11H2,1-2H3,(H,20,22)(H,21,23). The van der Waals surface area contributed by atoms with Gasteiger partial charge in [0, 0.05) is 11.3 Å². The molecule has 2 aromatic carbocycles. The Labute approximate surface area is 157 Å². The fourth-order valence-corrected chi connectivity index (χ4v) is 2.77. The van der Waals surface area contributed by atoms with Gasteiger partial charge in [0.05, 0.1) is 18.6 Å². The number of ether oxygens (including phenoxy) is 1. The first kappa shape index (κ1) is 20.2. The Hall–Kier alpha value is -3.11. The summed E-state index contributed by atoms with van der Waals surface area (Å²) in [7, 11) is -0.714. The molecule has 10 heteroatoms. The quantitative estimate of drug-likeness (QED) is 0.508. The Kier molecular flexibility index (Phi) is 6.74. The summed E-state index contributed by atoms with van der Waals surface area (Å²) >= 11 is 0. The highest BCUT2D eigenvalue weighted by atomic mass is 32.2. The van der Waals surface area contributed by atoms with Gasteiger partial charge in [-0.3, -0.25) is 20.4 Å². The summed E-state index contributed by atoms with van der Waals surface area (Å²) in [5, 5.41) is 2.90. The van der Waals surface area contributed by atoms with Crippen LogP contribution in [0.2, 0.25) is 0 Å². The smallest absolute Gasteiger partial charge is 0.269 e. The molecule has 2 amide bonds. The lowest BCUT2D eigenvalue weighted by Crippen LogP contribution is -2.44. The predicted octanol–water partition coefficient (Wildman–Crippen LogP) is 0.476. The van der Waals surface area contributed by atoms with Gasteiger partial charge in [-0.05, 0) is 55.6 Å². The van der Waals surface area contributed by atoms with E-state index in [4.69, 9.17) is 4.74 Å². The van der Waals surface area contributed by atoms with Gasteiger partial charge in [-0.1, -0.05) is 0 Å². The van der Waals surface area contributed by atoms with Crippen LogP contribution in [-0.4, -0.2) is 40.9 Å². The van der Waals surface area contributed by atoms with Gasteiger partial charge in [-0.2, -0.15) is 0 Å². The number of anilines is 1. The molecule has 0 aliphatic carbocycles. The molecule has 27 heavy (non-hydrogen) atoms. The van der Waals surface area contributed by atoms with Crippen LogP contribution in [0.1, 0.15) is 10.4 Å². The highest BCUT2D eigenvalue weighted by Crippen LogP contribution is 2.14. The molecule has 0 radical (unpaired) electrons. The van der Waals surface area contributed by atoms with Gasteiger partial charge in [-0.15, -0.1) is 0 Å². The zero-order valence-corrected chi connectivity index (χ0v) is 15.6. The van der Waals surface area contributed by atoms with Crippen LogP contribution in [-0.2, 0) is 14.8 Å².